The monoisotopic (exact) mass is 462 g/mol. The van der Waals surface area contributed by atoms with E-state index in [4.69, 9.17) is 4.74 Å². The van der Waals surface area contributed by atoms with Crippen LogP contribution in [0.25, 0.3) is 0 Å². The number of nitrogens with zero attached hydrogens (tertiary/aromatic N) is 3. The lowest BCUT2D eigenvalue weighted by Crippen LogP contribution is -2.38. The lowest BCUT2D eigenvalue weighted by Gasteiger charge is -2.36. The van der Waals surface area contributed by atoms with Gasteiger partial charge in [-0.15, -0.1) is 0 Å². The molecule has 3 heterocycles. The second-order valence-electron chi connectivity index (χ2n) is 7.84. The number of fused-ring (bicyclic) bond motifs is 1. The molecule has 0 bridgehead atoms. The quantitative estimate of drug-likeness (QED) is 0.629. The van der Waals surface area contributed by atoms with Crippen molar-refractivity contribution in [2.75, 3.05) is 13.7 Å². The molecule has 0 aliphatic carbocycles. The van der Waals surface area contributed by atoms with Crippen LogP contribution in [0.3, 0.4) is 0 Å². The van der Waals surface area contributed by atoms with E-state index in [0.717, 1.165) is 27.7 Å². The summed E-state index contributed by atoms with van der Waals surface area (Å²) in [7, 11) is 1.38. The van der Waals surface area contributed by atoms with Gasteiger partial charge in [0, 0.05) is 30.6 Å². The molecule has 0 saturated carbocycles. The zero-order chi connectivity index (χ0) is 23.4. The molecule has 2 aliphatic rings. The number of carbonyl (C=O) groups excluding carboxylic acids is 2. The van der Waals surface area contributed by atoms with E-state index in [1.165, 1.54) is 18.9 Å². The normalized spacial score (nSPS) is 17.3. The summed E-state index contributed by atoms with van der Waals surface area (Å²) in [5.74, 6) is -0.506. The van der Waals surface area contributed by atoms with Gasteiger partial charge in [-0.2, -0.15) is 0 Å². The highest BCUT2D eigenvalue weighted by Crippen LogP contribution is 2.45. The van der Waals surface area contributed by atoms with Crippen molar-refractivity contribution in [3.05, 3.63) is 87.9 Å². The predicted molar refractivity (Wildman–Crippen MR) is 129 cm³/mol. The van der Waals surface area contributed by atoms with Crippen molar-refractivity contribution in [1.82, 2.24) is 15.2 Å². The van der Waals surface area contributed by atoms with E-state index < -0.39 is 12.0 Å². The molecular weight excluding hydrogens is 436 g/mol. The van der Waals surface area contributed by atoms with E-state index in [-0.39, 0.29) is 12.3 Å². The van der Waals surface area contributed by atoms with Gasteiger partial charge < -0.3 is 15.0 Å². The molecule has 0 fully saturated rings. The maximum absolute atomic E-state index is 12.8. The molecule has 33 heavy (non-hydrogen) atoms. The molecule has 170 valence electrons. The van der Waals surface area contributed by atoms with Gasteiger partial charge in [-0.3, -0.25) is 9.78 Å². The first kappa shape index (κ1) is 22.8. The summed E-state index contributed by atoms with van der Waals surface area (Å²) in [6, 6.07) is 13.3. The summed E-state index contributed by atoms with van der Waals surface area (Å²) in [4.78, 5) is 36.5. The third-order valence-electron chi connectivity index (χ3n) is 5.66. The van der Waals surface area contributed by atoms with Crippen molar-refractivity contribution in [2.45, 2.75) is 32.7 Å². The number of aryl methyl sites for hydroxylation is 1. The van der Waals surface area contributed by atoms with Gasteiger partial charge >= 0.3 is 5.97 Å². The Morgan fingerprint density at radius 2 is 1.94 bits per heavy atom. The van der Waals surface area contributed by atoms with Crippen molar-refractivity contribution >= 4 is 28.8 Å². The van der Waals surface area contributed by atoms with Crippen molar-refractivity contribution in [3.8, 4) is 0 Å². The van der Waals surface area contributed by atoms with Crippen LogP contribution in [-0.4, -0.2) is 40.6 Å². The number of esters is 1. The summed E-state index contributed by atoms with van der Waals surface area (Å²) in [5, 5.41) is 5.67. The standard InChI is InChI=1S/C25H26N4O3S/c1-16-8-4-5-10-20(16)23-22(24(31)32-3)17(2)28-25-29(23)19(15-33-25)14-21(30)27-13-11-18-9-6-7-12-26-18/h4-10,12,15,23H,11,13-14H2,1-3H3,(H,27,30). The summed E-state index contributed by atoms with van der Waals surface area (Å²) < 4.78 is 5.11. The van der Waals surface area contributed by atoms with Crippen LogP contribution in [0.15, 0.2) is 76.0 Å². The summed E-state index contributed by atoms with van der Waals surface area (Å²) in [6.07, 6.45) is 2.59. The molecule has 2 aliphatic heterocycles. The molecule has 1 amide bonds. The molecule has 0 spiro atoms. The molecule has 1 unspecified atom stereocenters. The van der Waals surface area contributed by atoms with Crippen LogP contribution >= 0.6 is 11.8 Å². The highest BCUT2D eigenvalue weighted by Gasteiger charge is 2.41. The van der Waals surface area contributed by atoms with E-state index in [2.05, 4.69) is 15.3 Å². The average Bonchev–Trinajstić information content (AvgIpc) is 3.20. The molecule has 0 saturated heterocycles. The number of amides is 1. The van der Waals surface area contributed by atoms with Crippen LogP contribution in [0.1, 0.15) is 36.2 Å². The van der Waals surface area contributed by atoms with Crippen LogP contribution in [0.5, 0.6) is 0 Å². The van der Waals surface area contributed by atoms with Crippen LogP contribution in [0.2, 0.25) is 0 Å². The van der Waals surface area contributed by atoms with Crippen LogP contribution in [0, 0.1) is 6.92 Å². The highest BCUT2D eigenvalue weighted by molar-refractivity contribution is 8.16. The van der Waals surface area contributed by atoms with Gasteiger partial charge in [-0.1, -0.05) is 42.1 Å². The molecule has 0 radical (unpaired) electrons. The number of allylic oxidation sites excluding steroid dienone is 1. The number of thioether (sulfide) groups is 1. The smallest absolute Gasteiger partial charge is 0.338 e. The number of methoxy groups -OCH3 is 1. The SMILES string of the molecule is COC(=O)C1=C(C)N=C2SC=C(CC(=O)NCCc3ccccn3)N2C1c1ccccc1C. The molecule has 2 aromatic rings. The van der Waals surface area contributed by atoms with Gasteiger partial charge in [0.2, 0.25) is 5.91 Å². The van der Waals surface area contributed by atoms with Gasteiger partial charge in [-0.25, -0.2) is 9.79 Å². The number of aliphatic imine (C=N–C) groups is 1. The predicted octanol–water partition coefficient (Wildman–Crippen LogP) is 3.89. The molecule has 1 N–H and O–H groups in total. The minimum Gasteiger partial charge on any atom is -0.466 e. The minimum atomic E-state index is -0.417. The Bertz CT molecular complexity index is 1160. The fourth-order valence-electron chi connectivity index (χ4n) is 4.03. The first-order valence-corrected chi connectivity index (χ1v) is 11.6. The Labute approximate surface area is 197 Å². The number of carbonyl (C=O) groups is 2. The lowest BCUT2D eigenvalue weighted by atomic mass is 9.91. The first-order valence-electron chi connectivity index (χ1n) is 10.7. The molecule has 4 rings (SSSR count). The van der Waals surface area contributed by atoms with Gasteiger partial charge in [0.1, 0.15) is 0 Å². The number of hydrogen-bond donors (Lipinski definition) is 1. The number of aromatic nitrogens is 1. The summed E-state index contributed by atoms with van der Waals surface area (Å²) in [6.45, 7) is 4.34. The van der Waals surface area contributed by atoms with Gasteiger partial charge in [0.15, 0.2) is 5.17 Å². The molecule has 1 aromatic carbocycles. The minimum absolute atomic E-state index is 0.0894. The lowest BCUT2D eigenvalue weighted by molar-refractivity contribution is -0.136. The summed E-state index contributed by atoms with van der Waals surface area (Å²) >= 11 is 1.46. The number of rotatable bonds is 7. The van der Waals surface area contributed by atoms with E-state index >= 15 is 0 Å². The Balaban J connectivity index is 1.55. The van der Waals surface area contributed by atoms with Crippen molar-refractivity contribution in [3.63, 3.8) is 0 Å². The first-order chi connectivity index (χ1) is 16.0. The second kappa shape index (κ2) is 10.0. The molecule has 8 heteroatoms. The third-order valence-corrected chi connectivity index (χ3v) is 6.55. The number of nitrogens with one attached hydrogen (secondary N) is 1. The number of ether oxygens (including phenoxy) is 1. The molecule has 1 aromatic heterocycles. The van der Waals surface area contributed by atoms with E-state index in [0.29, 0.717) is 24.2 Å². The van der Waals surface area contributed by atoms with Crippen molar-refractivity contribution < 1.29 is 14.3 Å². The number of pyridine rings is 1. The highest BCUT2D eigenvalue weighted by atomic mass is 32.2. The van der Waals surface area contributed by atoms with Crippen LogP contribution in [0.4, 0.5) is 0 Å². The molecule has 1 atom stereocenters. The maximum Gasteiger partial charge on any atom is 0.338 e. The Morgan fingerprint density at radius 3 is 2.67 bits per heavy atom. The zero-order valence-corrected chi connectivity index (χ0v) is 19.7. The average molecular weight is 463 g/mol. The largest absolute Gasteiger partial charge is 0.466 e. The fraction of sp³-hybridized carbons (Fsp3) is 0.280. The Morgan fingerprint density at radius 1 is 1.15 bits per heavy atom. The van der Waals surface area contributed by atoms with E-state index in [1.54, 1.807) is 6.20 Å². The third kappa shape index (κ3) is 4.85. The summed E-state index contributed by atoms with van der Waals surface area (Å²) in [5.41, 5.74) is 4.88. The van der Waals surface area contributed by atoms with Crippen molar-refractivity contribution in [1.29, 1.82) is 0 Å². The van der Waals surface area contributed by atoms with Crippen LogP contribution < -0.4 is 5.32 Å². The van der Waals surface area contributed by atoms with Crippen molar-refractivity contribution in [2.24, 2.45) is 4.99 Å². The molecule has 7 nitrogen and oxygen atoms in total. The second-order valence-corrected chi connectivity index (χ2v) is 8.68. The number of benzene rings is 1. The van der Waals surface area contributed by atoms with Gasteiger partial charge in [-0.05, 0) is 42.5 Å². The Kier molecular flexibility index (Phi) is 6.93. The Hall–Kier alpha value is -3.39. The number of hydrogen-bond acceptors (Lipinski definition) is 7. The van der Waals surface area contributed by atoms with Gasteiger partial charge in [0.25, 0.3) is 0 Å². The molecular formula is C25H26N4O3S. The van der Waals surface area contributed by atoms with E-state index in [9.17, 15) is 9.59 Å². The fourth-order valence-corrected chi connectivity index (χ4v) is 5.00. The van der Waals surface area contributed by atoms with Gasteiger partial charge in [0.05, 0.1) is 30.8 Å². The zero-order valence-electron chi connectivity index (χ0n) is 18.9. The number of amidine groups is 1. The maximum atomic E-state index is 12.8. The van der Waals surface area contributed by atoms with Crippen LogP contribution in [-0.2, 0) is 20.7 Å². The topological polar surface area (TPSA) is 83.9 Å². The van der Waals surface area contributed by atoms with E-state index in [1.807, 2.05) is 66.6 Å².